The summed E-state index contributed by atoms with van der Waals surface area (Å²) in [5.74, 6) is -1.95. The Morgan fingerprint density at radius 1 is 1.29 bits per heavy atom. The molecule has 1 aliphatic rings. The van der Waals surface area contributed by atoms with E-state index in [1.807, 2.05) is 0 Å². The molecule has 2 aromatic rings. The van der Waals surface area contributed by atoms with Crippen molar-refractivity contribution in [3.8, 4) is 0 Å². The number of amides is 1. The number of hydrogen-bond donors (Lipinski definition) is 3. The molecule has 1 aromatic heterocycles. The minimum absolute atomic E-state index is 0.00732. The third kappa shape index (κ3) is 4.42. The summed E-state index contributed by atoms with van der Waals surface area (Å²) in [6, 6.07) is 4.43. The van der Waals surface area contributed by atoms with Crippen LogP contribution in [0, 0.1) is 5.82 Å². The number of alkyl halides is 3. The second-order valence-electron chi connectivity index (χ2n) is 7.12. The van der Waals surface area contributed by atoms with Crippen LogP contribution in [0.3, 0.4) is 0 Å². The average Bonchev–Trinajstić information content (AvgIpc) is 2.65. The van der Waals surface area contributed by atoms with Crippen molar-refractivity contribution >= 4 is 34.7 Å². The van der Waals surface area contributed by atoms with E-state index in [2.05, 4.69) is 15.3 Å². The molecule has 0 saturated heterocycles. The molecule has 0 unspecified atom stereocenters. The number of anilines is 2. The fourth-order valence-electron chi connectivity index (χ4n) is 3.25. The summed E-state index contributed by atoms with van der Waals surface area (Å²) < 4.78 is 60.8. The van der Waals surface area contributed by atoms with Crippen molar-refractivity contribution in [1.29, 1.82) is 0 Å². The number of halogens is 5. The van der Waals surface area contributed by atoms with Crippen molar-refractivity contribution in [3.05, 3.63) is 52.6 Å². The number of nitrogen functional groups attached to an aromatic ring is 1. The molecule has 12 heteroatoms. The normalized spacial score (nSPS) is 23.9. The molecule has 3 atom stereocenters. The van der Waals surface area contributed by atoms with Crippen LogP contribution in [0.15, 0.2) is 35.5 Å². The maximum Gasteiger partial charge on any atom is 0.417 e. The first-order chi connectivity index (χ1) is 14.3. The standard InChI is InChI=1S/C19H18ClF4N5O2/c1-8-15(26)29-18(2,17(31-8)19(22,23)24)11-6-10(3-4-12(11)21)28-16(30)14-13(25)5-9(20)7-27-14/h3-8,17H,25H2,1-2H3,(H2,26,29)(H,28,30)/t8-,17-,18-/m1/s1. The van der Waals surface area contributed by atoms with Gasteiger partial charge < -0.3 is 21.5 Å². The number of aromatic nitrogens is 1. The smallest absolute Gasteiger partial charge is 0.397 e. The fourth-order valence-corrected chi connectivity index (χ4v) is 3.41. The van der Waals surface area contributed by atoms with Gasteiger partial charge in [-0.25, -0.2) is 9.37 Å². The summed E-state index contributed by atoms with van der Waals surface area (Å²) in [6.45, 7) is 2.38. The number of rotatable bonds is 3. The number of nitrogens with two attached hydrogens (primary N) is 2. The number of carbonyl (C=O) groups excluding carboxylic acids is 1. The summed E-state index contributed by atoms with van der Waals surface area (Å²) in [4.78, 5) is 20.2. The molecule has 0 bridgehead atoms. The Hall–Kier alpha value is -2.92. The van der Waals surface area contributed by atoms with Gasteiger partial charge in [-0.1, -0.05) is 11.6 Å². The van der Waals surface area contributed by atoms with Crippen molar-refractivity contribution in [3.63, 3.8) is 0 Å². The Labute approximate surface area is 179 Å². The van der Waals surface area contributed by atoms with Gasteiger partial charge >= 0.3 is 6.18 Å². The summed E-state index contributed by atoms with van der Waals surface area (Å²) in [5, 5.41) is 2.64. The van der Waals surface area contributed by atoms with Gasteiger partial charge in [0.05, 0.1) is 10.7 Å². The molecule has 0 radical (unpaired) electrons. The highest BCUT2D eigenvalue weighted by Gasteiger charge is 2.57. The Morgan fingerprint density at radius 3 is 2.58 bits per heavy atom. The van der Waals surface area contributed by atoms with E-state index in [0.717, 1.165) is 19.1 Å². The molecule has 31 heavy (non-hydrogen) atoms. The Balaban J connectivity index is 2.02. The molecule has 1 aliphatic heterocycles. The minimum Gasteiger partial charge on any atom is -0.397 e. The highest BCUT2D eigenvalue weighted by molar-refractivity contribution is 6.30. The third-order valence-electron chi connectivity index (χ3n) is 4.79. The third-order valence-corrected chi connectivity index (χ3v) is 5.00. The molecule has 0 fully saturated rings. The molecular weight excluding hydrogens is 442 g/mol. The number of amidine groups is 1. The molecule has 5 N–H and O–H groups in total. The van der Waals surface area contributed by atoms with Gasteiger partial charge in [0, 0.05) is 17.4 Å². The van der Waals surface area contributed by atoms with E-state index in [1.165, 1.54) is 25.3 Å². The fraction of sp³-hybridized carbons (Fsp3) is 0.316. The van der Waals surface area contributed by atoms with Crippen LogP contribution in [-0.2, 0) is 10.3 Å². The van der Waals surface area contributed by atoms with E-state index in [1.54, 1.807) is 0 Å². The van der Waals surface area contributed by atoms with E-state index in [4.69, 9.17) is 27.8 Å². The van der Waals surface area contributed by atoms with Crippen molar-refractivity contribution in [2.75, 3.05) is 11.1 Å². The lowest BCUT2D eigenvalue weighted by atomic mass is 9.84. The van der Waals surface area contributed by atoms with E-state index in [-0.39, 0.29) is 27.9 Å². The molecule has 166 valence electrons. The summed E-state index contributed by atoms with van der Waals surface area (Å²) in [5.41, 5.74) is 8.56. The highest BCUT2D eigenvalue weighted by Crippen LogP contribution is 2.44. The molecule has 0 saturated carbocycles. The van der Waals surface area contributed by atoms with Crippen LogP contribution in [0.4, 0.5) is 28.9 Å². The topological polar surface area (TPSA) is 116 Å². The van der Waals surface area contributed by atoms with Crippen LogP contribution in [0.5, 0.6) is 0 Å². The number of carbonyl (C=O) groups is 1. The van der Waals surface area contributed by atoms with Gasteiger partial charge in [0.1, 0.15) is 23.3 Å². The lowest BCUT2D eigenvalue weighted by Gasteiger charge is -2.41. The quantitative estimate of drug-likeness (QED) is 0.606. The monoisotopic (exact) mass is 459 g/mol. The second kappa shape index (κ2) is 7.97. The van der Waals surface area contributed by atoms with Gasteiger partial charge in [0.2, 0.25) is 0 Å². The van der Waals surface area contributed by atoms with Gasteiger partial charge in [-0.15, -0.1) is 0 Å². The molecule has 2 heterocycles. The van der Waals surface area contributed by atoms with Crippen molar-refractivity contribution < 1.29 is 27.1 Å². The zero-order valence-corrected chi connectivity index (χ0v) is 17.1. The van der Waals surface area contributed by atoms with Crippen molar-refractivity contribution in [1.82, 2.24) is 4.98 Å². The van der Waals surface area contributed by atoms with Crippen molar-refractivity contribution in [2.24, 2.45) is 10.7 Å². The Bertz CT molecular complexity index is 1060. The summed E-state index contributed by atoms with van der Waals surface area (Å²) in [6.07, 6.45) is -7.22. The molecule has 0 spiro atoms. The number of hydrogen-bond acceptors (Lipinski definition) is 6. The number of benzene rings is 1. The lowest BCUT2D eigenvalue weighted by molar-refractivity contribution is -0.248. The minimum atomic E-state index is -4.86. The van der Waals surface area contributed by atoms with Gasteiger partial charge in [-0.05, 0) is 38.1 Å². The molecule has 0 aliphatic carbocycles. The SMILES string of the molecule is C[C@H]1O[C@@H](C(F)(F)F)[C@@](C)(c2cc(NC(=O)c3ncc(Cl)cc3N)ccc2F)N=C1N. The molecule has 1 amide bonds. The molecule has 7 nitrogen and oxygen atoms in total. The first-order valence-electron chi connectivity index (χ1n) is 8.92. The number of nitrogens with one attached hydrogen (secondary N) is 1. The van der Waals surface area contributed by atoms with Crippen LogP contribution < -0.4 is 16.8 Å². The van der Waals surface area contributed by atoms with E-state index in [9.17, 15) is 22.4 Å². The number of pyridine rings is 1. The zero-order valence-electron chi connectivity index (χ0n) is 16.3. The van der Waals surface area contributed by atoms with Crippen LogP contribution in [0.25, 0.3) is 0 Å². The Morgan fingerprint density at radius 2 is 1.97 bits per heavy atom. The first kappa shape index (κ1) is 22.8. The molecule has 1 aromatic carbocycles. The van der Waals surface area contributed by atoms with E-state index >= 15 is 0 Å². The van der Waals surface area contributed by atoms with E-state index < -0.39 is 41.2 Å². The van der Waals surface area contributed by atoms with Crippen LogP contribution in [0.1, 0.15) is 29.9 Å². The Kier molecular flexibility index (Phi) is 5.85. The average molecular weight is 460 g/mol. The number of nitrogens with zero attached hydrogens (tertiary/aromatic N) is 2. The van der Waals surface area contributed by atoms with E-state index in [0.29, 0.717) is 0 Å². The maximum atomic E-state index is 14.7. The number of ether oxygens (including phenoxy) is 1. The van der Waals surface area contributed by atoms with Gasteiger partial charge in [-0.2, -0.15) is 13.2 Å². The van der Waals surface area contributed by atoms with Crippen LogP contribution in [0.2, 0.25) is 5.02 Å². The number of aliphatic imine (C=N–C) groups is 1. The van der Waals surface area contributed by atoms with Gasteiger partial charge in [0.15, 0.2) is 11.8 Å². The second-order valence-corrected chi connectivity index (χ2v) is 7.56. The van der Waals surface area contributed by atoms with Crippen LogP contribution >= 0.6 is 11.6 Å². The van der Waals surface area contributed by atoms with Crippen LogP contribution in [-0.4, -0.2) is 35.1 Å². The van der Waals surface area contributed by atoms with Gasteiger partial charge in [-0.3, -0.25) is 9.79 Å². The van der Waals surface area contributed by atoms with Gasteiger partial charge in [0.25, 0.3) is 5.91 Å². The predicted molar refractivity (Wildman–Crippen MR) is 107 cm³/mol. The lowest BCUT2D eigenvalue weighted by Crippen LogP contribution is -2.55. The predicted octanol–water partition coefficient (Wildman–Crippen LogP) is 3.63. The highest BCUT2D eigenvalue weighted by atomic mass is 35.5. The largest absolute Gasteiger partial charge is 0.417 e. The van der Waals surface area contributed by atoms with Crippen molar-refractivity contribution in [2.45, 2.75) is 37.8 Å². The molecular formula is C19H18ClF4N5O2. The summed E-state index contributed by atoms with van der Waals surface area (Å²) >= 11 is 5.75. The zero-order chi connectivity index (χ0) is 23.1. The maximum absolute atomic E-state index is 14.7. The summed E-state index contributed by atoms with van der Waals surface area (Å²) in [7, 11) is 0. The first-order valence-corrected chi connectivity index (χ1v) is 9.30. The molecule has 3 rings (SSSR count).